The van der Waals surface area contributed by atoms with Gasteiger partial charge in [-0.15, -0.1) is 0 Å². The van der Waals surface area contributed by atoms with E-state index in [1.54, 1.807) is 24.3 Å². The maximum Gasteiger partial charge on any atom is 0.262 e. The van der Waals surface area contributed by atoms with Gasteiger partial charge in [0.15, 0.2) is 0 Å². The van der Waals surface area contributed by atoms with E-state index in [1.165, 1.54) is 0 Å². The molecule has 1 aliphatic carbocycles. The Morgan fingerprint density at radius 3 is 2.15 bits per heavy atom. The largest absolute Gasteiger partial charge is 0.382 e. The molecule has 1 atom stereocenters. The predicted octanol–water partition coefficient (Wildman–Crippen LogP) is 3.78. The van der Waals surface area contributed by atoms with E-state index in [9.17, 15) is 24.0 Å². The van der Waals surface area contributed by atoms with Gasteiger partial charge in [0.25, 0.3) is 17.7 Å². The van der Waals surface area contributed by atoms with Crippen LogP contribution in [0.15, 0.2) is 60.7 Å². The average molecular weight is 749 g/mol. The van der Waals surface area contributed by atoms with Crippen molar-refractivity contribution in [1.29, 1.82) is 5.26 Å². The number of fused-ring (bicyclic) bond motifs is 1. The molecular weight excluding hydrogens is 708 g/mol. The summed E-state index contributed by atoms with van der Waals surface area (Å²) in [6.07, 6.45) is 3.84. The Morgan fingerprint density at radius 2 is 1.46 bits per heavy atom. The molecule has 54 heavy (non-hydrogen) atoms. The highest BCUT2D eigenvalue weighted by Crippen LogP contribution is 2.33. The molecular formula is C40H41ClN8O5. The van der Waals surface area contributed by atoms with E-state index in [0.29, 0.717) is 27.8 Å². The lowest BCUT2D eigenvalue weighted by molar-refractivity contribution is -0.136. The molecule has 14 heteroatoms. The van der Waals surface area contributed by atoms with Gasteiger partial charge in [-0.1, -0.05) is 11.6 Å². The molecule has 0 aromatic heterocycles. The van der Waals surface area contributed by atoms with E-state index >= 15 is 0 Å². The second-order valence-electron chi connectivity index (χ2n) is 14.8. The number of rotatable bonds is 8. The van der Waals surface area contributed by atoms with Crippen LogP contribution in [0.25, 0.3) is 0 Å². The molecule has 4 heterocycles. The first-order valence-electron chi connectivity index (χ1n) is 18.6. The molecule has 0 spiro atoms. The summed E-state index contributed by atoms with van der Waals surface area (Å²) in [5.74, 6) is -2.05. The summed E-state index contributed by atoms with van der Waals surface area (Å²) in [5.41, 5.74) is 4.57. The Labute approximate surface area is 318 Å². The third-order valence-electron chi connectivity index (χ3n) is 11.5. The van der Waals surface area contributed by atoms with Gasteiger partial charge in [-0.3, -0.25) is 39.1 Å². The summed E-state index contributed by atoms with van der Waals surface area (Å²) in [4.78, 5) is 71.4. The summed E-state index contributed by atoms with van der Waals surface area (Å²) >= 11 is 6.18. The molecule has 0 bridgehead atoms. The van der Waals surface area contributed by atoms with Crippen molar-refractivity contribution in [2.45, 2.75) is 62.7 Å². The number of carbonyl (C=O) groups excluding carboxylic acids is 5. The van der Waals surface area contributed by atoms with E-state index < -0.39 is 29.7 Å². The van der Waals surface area contributed by atoms with Gasteiger partial charge in [-0.2, -0.15) is 5.26 Å². The number of anilines is 3. The van der Waals surface area contributed by atoms with Crippen LogP contribution >= 0.6 is 11.6 Å². The van der Waals surface area contributed by atoms with Crippen molar-refractivity contribution in [2.24, 2.45) is 0 Å². The van der Waals surface area contributed by atoms with Gasteiger partial charge < -0.3 is 20.4 Å². The monoisotopic (exact) mass is 748 g/mol. The lowest BCUT2D eigenvalue weighted by atomic mass is 9.90. The Hall–Kier alpha value is -5.45. The molecule has 8 rings (SSSR count). The number of benzene rings is 3. The number of halogens is 1. The number of nitrogens with zero attached hydrogens (tertiary/aromatic N) is 5. The molecule has 5 amide bonds. The molecule has 3 N–H and O–H groups in total. The van der Waals surface area contributed by atoms with E-state index in [2.05, 4.69) is 36.7 Å². The summed E-state index contributed by atoms with van der Waals surface area (Å²) in [6, 6.07) is 20.4. The summed E-state index contributed by atoms with van der Waals surface area (Å²) < 4.78 is 0. The second kappa shape index (κ2) is 14.8. The number of nitriles is 1. The zero-order valence-corrected chi connectivity index (χ0v) is 30.5. The quantitative estimate of drug-likeness (QED) is 0.290. The van der Waals surface area contributed by atoms with Crippen LogP contribution in [-0.2, 0) is 9.59 Å². The van der Waals surface area contributed by atoms with Gasteiger partial charge in [0.2, 0.25) is 11.8 Å². The first-order valence-corrected chi connectivity index (χ1v) is 19.0. The number of piperidine rings is 1. The average Bonchev–Trinajstić information content (AvgIpc) is 3.40. The molecule has 1 saturated carbocycles. The van der Waals surface area contributed by atoms with Gasteiger partial charge in [-0.05, 0) is 92.8 Å². The van der Waals surface area contributed by atoms with Crippen LogP contribution in [-0.4, -0.2) is 103 Å². The van der Waals surface area contributed by atoms with Crippen molar-refractivity contribution in [3.05, 3.63) is 87.9 Å². The Balaban J connectivity index is 0.775. The van der Waals surface area contributed by atoms with E-state index in [-0.39, 0.29) is 36.4 Å². The molecule has 13 nitrogen and oxygen atoms in total. The van der Waals surface area contributed by atoms with Crippen molar-refractivity contribution in [3.63, 3.8) is 0 Å². The fourth-order valence-corrected chi connectivity index (χ4v) is 8.53. The van der Waals surface area contributed by atoms with Gasteiger partial charge in [-0.25, -0.2) is 0 Å². The standard InChI is InChI=1S/C40H41ClN8O5/c41-34-19-28(4-1-25(34)21-42)43-26-5-7-27(8-6-26)44-37(51)24-2-9-29(10-3-24)46-15-17-47(18-16-46)31-22-48(23-31)30-11-12-32-33(20-30)40(54)49(39(32)53)35-13-14-36(50)45-38(35)52/h1-4,9-12,19-20,26-27,31,35,43H,5-8,13-18,22-23H2,(H,44,51)(H,45,50,52). The maximum atomic E-state index is 13.3. The minimum atomic E-state index is -0.975. The van der Waals surface area contributed by atoms with Crippen molar-refractivity contribution in [2.75, 3.05) is 54.4 Å². The highest BCUT2D eigenvalue weighted by Gasteiger charge is 2.45. The maximum absolute atomic E-state index is 13.3. The normalized spacial score (nSPS) is 23.4. The highest BCUT2D eigenvalue weighted by molar-refractivity contribution is 6.32. The zero-order valence-electron chi connectivity index (χ0n) is 29.7. The summed E-state index contributed by atoms with van der Waals surface area (Å²) in [7, 11) is 0. The summed E-state index contributed by atoms with van der Waals surface area (Å²) in [6.45, 7) is 5.19. The molecule has 1 unspecified atom stereocenters. The van der Waals surface area contributed by atoms with Crippen LogP contribution < -0.4 is 25.8 Å². The third-order valence-corrected chi connectivity index (χ3v) is 11.8. The third kappa shape index (κ3) is 6.99. The number of carbonyl (C=O) groups is 5. The molecule has 0 radical (unpaired) electrons. The molecule has 3 aromatic rings. The fourth-order valence-electron chi connectivity index (χ4n) is 8.30. The van der Waals surface area contributed by atoms with Gasteiger partial charge in [0.05, 0.1) is 21.7 Å². The second-order valence-corrected chi connectivity index (χ2v) is 15.2. The number of hydrogen-bond donors (Lipinski definition) is 3. The highest BCUT2D eigenvalue weighted by atomic mass is 35.5. The number of piperazine rings is 1. The molecule has 3 saturated heterocycles. The molecule has 4 fully saturated rings. The Bertz CT molecular complexity index is 2050. The first kappa shape index (κ1) is 35.6. The van der Waals surface area contributed by atoms with Crippen LogP contribution in [0, 0.1) is 11.3 Å². The first-order chi connectivity index (χ1) is 26.1. The number of nitrogens with one attached hydrogen (secondary N) is 3. The lowest BCUT2D eigenvalue weighted by Crippen LogP contribution is -2.63. The van der Waals surface area contributed by atoms with Crippen LogP contribution in [0.5, 0.6) is 0 Å². The van der Waals surface area contributed by atoms with E-state index in [4.69, 9.17) is 16.9 Å². The van der Waals surface area contributed by atoms with E-state index in [0.717, 1.165) is 86.9 Å². The minimum absolute atomic E-state index is 0.0535. The predicted molar refractivity (Wildman–Crippen MR) is 203 cm³/mol. The SMILES string of the molecule is N#Cc1ccc(NC2CCC(NC(=O)c3ccc(N4CCN(C5CN(c6ccc7c(c6)C(=O)N(C6CCC(=O)NC6=O)C7=O)C5)CC4)cc3)CC2)cc1Cl. The number of imide groups is 2. The fraction of sp³-hybridized carbons (Fsp3) is 0.400. The van der Waals surface area contributed by atoms with Crippen LogP contribution in [0.1, 0.15) is 75.2 Å². The molecule has 5 aliphatic rings. The summed E-state index contributed by atoms with van der Waals surface area (Å²) in [5, 5.41) is 18.5. The van der Waals surface area contributed by atoms with Crippen molar-refractivity contribution < 1.29 is 24.0 Å². The van der Waals surface area contributed by atoms with Crippen LogP contribution in [0.3, 0.4) is 0 Å². The van der Waals surface area contributed by atoms with Gasteiger partial charge in [0.1, 0.15) is 12.1 Å². The van der Waals surface area contributed by atoms with Gasteiger partial charge in [0, 0.05) is 86.4 Å². The van der Waals surface area contributed by atoms with Crippen LogP contribution in [0.2, 0.25) is 5.02 Å². The number of hydrogen-bond acceptors (Lipinski definition) is 10. The molecule has 4 aliphatic heterocycles. The van der Waals surface area contributed by atoms with Crippen LogP contribution in [0.4, 0.5) is 17.1 Å². The van der Waals surface area contributed by atoms with E-state index in [1.807, 2.05) is 36.4 Å². The molecule has 278 valence electrons. The Morgan fingerprint density at radius 1 is 0.778 bits per heavy atom. The zero-order chi connectivity index (χ0) is 37.5. The lowest BCUT2D eigenvalue weighted by Gasteiger charge is -2.49. The van der Waals surface area contributed by atoms with Crippen molar-refractivity contribution in [1.82, 2.24) is 20.4 Å². The van der Waals surface area contributed by atoms with Gasteiger partial charge >= 0.3 is 0 Å². The number of amides is 5. The van der Waals surface area contributed by atoms with Crippen molar-refractivity contribution >= 4 is 58.2 Å². The Kier molecular flexibility index (Phi) is 9.72. The van der Waals surface area contributed by atoms with Crippen molar-refractivity contribution in [3.8, 4) is 6.07 Å². The molecule has 3 aromatic carbocycles. The smallest absolute Gasteiger partial charge is 0.262 e. The topological polar surface area (TPSA) is 158 Å². The minimum Gasteiger partial charge on any atom is -0.382 e.